The predicted octanol–water partition coefficient (Wildman–Crippen LogP) is 3.39. The highest BCUT2D eigenvalue weighted by Crippen LogP contribution is 2.28. The SMILES string of the molecule is C=CC(=O)Nc1ccc2c(N3CC[C@@H](Nc4ncc5ccccc5n4)C3)ncnc2c1. The van der Waals surface area contributed by atoms with E-state index in [1.165, 1.54) is 6.08 Å². The van der Waals surface area contributed by atoms with Crippen molar-refractivity contribution >= 4 is 45.2 Å². The van der Waals surface area contributed by atoms with Gasteiger partial charge in [-0.3, -0.25) is 4.79 Å². The summed E-state index contributed by atoms with van der Waals surface area (Å²) in [5, 5.41) is 8.19. The largest absolute Gasteiger partial charge is 0.354 e. The number of para-hydroxylation sites is 1. The molecule has 154 valence electrons. The molecule has 2 N–H and O–H groups in total. The second kappa shape index (κ2) is 7.98. The van der Waals surface area contributed by atoms with Crippen molar-refractivity contribution in [3.05, 3.63) is 67.6 Å². The first-order chi connectivity index (χ1) is 15.2. The molecule has 1 aliphatic heterocycles. The van der Waals surface area contributed by atoms with E-state index in [0.29, 0.717) is 11.6 Å². The monoisotopic (exact) mass is 411 g/mol. The van der Waals surface area contributed by atoms with Gasteiger partial charge < -0.3 is 15.5 Å². The minimum Gasteiger partial charge on any atom is -0.354 e. The normalized spacial score (nSPS) is 15.9. The third-order valence-corrected chi connectivity index (χ3v) is 5.38. The van der Waals surface area contributed by atoms with Crippen molar-refractivity contribution in [2.24, 2.45) is 0 Å². The summed E-state index contributed by atoms with van der Waals surface area (Å²) in [6.07, 6.45) is 5.60. The summed E-state index contributed by atoms with van der Waals surface area (Å²) in [6, 6.07) is 13.8. The fourth-order valence-corrected chi connectivity index (χ4v) is 3.86. The Balaban J connectivity index is 1.33. The molecule has 0 unspecified atom stereocenters. The molecule has 2 aromatic heterocycles. The summed E-state index contributed by atoms with van der Waals surface area (Å²) in [5.74, 6) is 1.27. The second-order valence-electron chi connectivity index (χ2n) is 7.45. The highest BCUT2D eigenvalue weighted by Gasteiger charge is 2.25. The van der Waals surface area contributed by atoms with Crippen LogP contribution in [0.25, 0.3) is 21.8 Å². The van der Waals surface area contributed by atoms with Gasteiger partial charge >= 0.3 is 0 Å². The van der Waals surface area contributed by atoms with E-state index in [-0.39, 0.29) is 11.9 Å². The van der Waals surface area contributed by atoms with Crippen molar-refractivity contribution < 1.29 is 4.79 Å². The molecule has 1 fully saturated rings. The lowest BCUT2D eigenvalue weighted by atomic mass is 10.2. The Morgan fingerprint density at radius 2 is 2.03 bits per heavy atom. The molecule has 0 spiro atoms. The third kappa shape index (κ3) is 3.87. The number of benzene rings is 2. The fraction of sp³-hybridized carbons (Fsp3) is 0.174. The van der Waals surface area contributed by atoms with Gasteiger partial charge in [0.05, 0.1) is 11.0 Å². The summed E-state index contributed by atoms with van der Waals surface area (Å²) in [4.78, 5) is 31.8. The van der Waals surface area contributed by atoms with Crippen LogP contribution in [0.3, 0.4) is 0 Å². The van der Waals surface area contributed by atoms with Crippen LogP contribution in [0, 0.1) is 0 Å². The third-order valence-electron chi connectivity index (χ3n) is 5.38. The lowest BCUT2D eigenvalue weighted by Gasteiger charge is -2.19. The topological polar surface area (TPSA) is 95.9 Å². The van der Waals surface area contributed by atoms with E-state index in [1.807, 2.05) is 48.7 Å². The maximum Gasteiger partial charge on any atom is 0.247 e. The summed E-state index contributed by atoms with van der Waals surface area (Å²) < 4.78 is 0. The fourth-order valence-electron chi connectivity index (χ4n) is 3.86. The number of carbonyl (C=O) groups is 1. The van der Waals surface area contributed by atoms with Gasteiger partial charge in [0.25, 0.3) is 0 Å². The van der Waals surface area contributed by atoms with Crippen LogP contribution >= 0.6 is 0 Å². The van der Waals surface area contributed by atoms with E-state index in [9.17, 15) is 4.79 Å². The molecule has 1 saturated heterocycles. The molecule has 0 aliphatic carbocycles. The van der Waals surface area contributed by atoms with Crippen LogP contribution in [0.15, 0.2) is 67.6 Å². The number of rotatable bonds is 5. The van der Waals surface area contributed by atoms with Crippen LogP contribution in [-0.4, -0.2) is 45.0 Å². The van der Waals surface area contributed by atoms with Crippen molar-refractivity contribution in [2.45, 2.75) is 12.5 Å². The summed E-state index contributed by atoms with van der Waals surface area (Å²) >= 11 is 0. The Morgan fingerprint density at radius 1 is 1.13 bits per heavy atom. The van der Waals surface area contributed by atoms with Crippen molar-refractivity contribution in [2.75, 3.05) is 28.6 Å². The molecule has 0 bridgehead atoms. The van der Waals surface area contributed by atoms with Gasteiger partial charge in [-0.15, -0.1) is 0 Å². The molecule has 8 nitrogen and oxygen atoms in total. The van der Waals surface area contributed by atoms with Gasteiger partial charge in [0.1, 0.15) is 12.1 Å². The van der Waals surface area contributed by atoms with Gasteiger partial charge in [0.15, 0.2) is 0 Å². The van der Waals surface area contributed by atoms with Gasteiger partial charge in [-0.25, -0.2) is 19.9 Å². The molecule has 4 aromatic rings. The van der Waals surface area contributed by atoms with Crippen molar-refractivity contribution in [1.82, 2.24) is 19.9 Å². The Hall–Kier alpha value is -4.07. The zero-order valence-electron chi connectivity index (χ0n) is 16.8. The highest BCUT2D eigenvalue weighted by atomic mass is 16.1. The molecule has 2 aromatic carbocycles. The lowest BCUT2D eigenvalue weighted by molar-refractivity contribution is -0.111. The van der Waals surface area contributed by atoms with Gasteiger partial charge in [0, 0.05) is 41.8 Å². The predicted molar refractivity (Wildman–Crippen MR) is 122 cm³/mol. The molecule has 31 heavy (non-hydrogen) atoms. The number of fused-ring (bicyclic) bond motifs is 2. The summed E-state index contributed by atoms with van der Waals surface area (Å²) in [5.41, 5.74) is 2.38. The number of hydrogen-bond donors (Lipinski definition) is 2. The van der Waals surface area contributed by atoms with Crippen molar-refractivity contribution in [3.8, 4) is 0 Å². The molecule has 1 aliphatic rings. The second-order valence-corrected chi connectivity index (χ2v) is 7.45. The average Bonchev–Trinajstić information content (AvgIpc) is 3.26. The Morgan fingerprint density at radius 3 is 2.94 bits per heavy atom. The first-order valence-electron chi connectivity index (χ1n) is 10.1. The molecular weight excluding hydrogens is 390 g/mol. The van der Waals surface area contributed by atoms with Crippen molar-refractivity contribution in [3.63, 3.8) is 0 Å². The number of nitrogens with zero attached hydrogens (tertiary/aromatic N) is 5. The Kier molecular flexibility index (Phi) is 4.87. The quantitative estimate of drug-likeness (QED) is 0.486. The molecular formula is C23H21N7O. The molecule has 3 heterocycles. The summed E-state index contributed by atoms with van der Waals surface area (Å²) in [7, 11) is 0. The zero-order chi connectivity index (χ0) is 21.2. The van der Waals surface area contributed by atoms with E-state index in [0.717, 1.165) is 47.1 Å². The highest BCUT2D eigenvalue weighted by molar-refractivity contribution is 6.01. The molecule has 1 amide bonds. The zero-order valence-corrected chi connectivity index (χ0v) is 16.8. The number of amides is 1. The van der Waals surface area contributed by atoms with Crippen LogP contribution in [-0.2, 0) is 4.79 Å². The van der Waals surface area contributed by atoms with Crippen LogP contribution in [0.2, 0.25) is 0 Å². The summed E-state index contributed by atoms with van der Waals surface area (Å²) in [6.45, 7) is 5.13. The minimum atomic E-state index is -0.252. The molecule has 5 rings (SSSR count). The van der Waals surface area contributed by atoms with Crippen molar-refractivity contribution in [1.29, 1.82) is 0 Å². The van der Waals surface area contributed by atoms with Gasteiger partial charge in [-0.1, -0.05) is 24.8 Å². The van der Waals surface area contributed by atoms with Gasteiger partial charge in [-0.05, 0) is 36.8 Å². The van der Waals surface area contributed by atoms with Gasteiger partial charge in [-0.2, -0.15) is 0 Å². The van der Waals surface area contributed by atoms with Crippen LogP contribution in [0.1, 0.15) is 6.42 Å². The minimum absolute atomic E-state index is 0.220. The maximum absolute atomic E-state index is 11.6. The molecule has 0 radical (unpaired) electrons. The molecule has 1 atom stereocenters. The number of nitrogens with one attached hydrogen (secondary N) is 2. The lowest BCUT2D eigenvalue weighted by Crippen LogP contribution is -2.27. The first kappa shape index (κ1) is 18.9. The number of carbonyl (C=O) groups excluding carboxylic acids is 1. The first-order valence-corrected chi connectivity index (χ1v) is 10.1. The average molecular weight is 411 g/mol. The van der Waals surface area contributed by atoms with Crippen LogP contribution in [0.4, 0.5) is 17.5 Å². The Labute approximate surface area is 179 Å². The number of hydrogen-bond acceptors (Lipinski definition) is 7. The van der Waals surface area contributed by atoms with E-state index < -0.39 is 0 Å². The Bertz CT molecular complexity index is 1290. The van der Waals surface area contributed by atoms with E-state index in [1.54, 1.807) is 6.33 Å². The maximum atomic E-state index is 11.6. The van der Waals surface area contributed by atoms with E-state index in [2.05, 4.69) is 42.0 Å². The molecule has 0 saturated carbocycles. The van der Waals surface area contributed by atoms with E-state index >= 15 is 0 Å². The number of anilines is 3. The molecule has 8 heteroatoms. The smallest absolute Gasteiger partial charge is 0.247 e. The number of aromatic nitrogens is 4. The van der Waals surface area contributed by atoms with Gasteiger partial charge in [0.2, 0.25) is 11.9 Å². The van der Waals surface area contributed by atoms with Crippen LogP contribution in [0.5, 0.6) is 0 Å². The van der Waals surface area contributed by atoms with E-state index in [4.69, 9.17) is 0 Å². The van der Waals surface area contributed by atoms with Crippen LogP contribution < -0.4 is 15.5 Å². The standard InChI is InChI=1S/C23H21N7O/c1-2-21(31)27-16-7-8-18-20(11-16)25-14-26-22(18)30-10-9-17(13-30)28-23-24-12-15-5-3-4-6-19(15)29-23/h2-8,11-12,14,17H,1,9-10,13H2,(H,27,31)(H,24,28,29)/t17-/m1/s1.